The van der Waals surface area contributed by atoms with Crippen LogP contribution in [0.2, 0.25) is 0 Å². The van der Waals surface area contributed by atoms with Crippen LogP contribution in [0.1, 0.15) is 23.7 Å². The number of thioether (sulfide) groups is 1. The summed E-state index contributed by atoms with van der Waals surface area (Å²) in [6, 6.07) is -0.0837. The van der Waals surface area contributed by atoms with Crippen LogP contribution in [0.4, 0.5) is 0 Å². The number of hydrogen-bond acceptors (Lipinski definition) is 5. The lowest BCUT2D eigenvalue weighted by Crippen LogP contribution is -2.42. The van der Waals surface area contributed by atoms with E-state index >= 15 is 0 Å². The molecule has 2 aliphatic rings. The SMILES string of the molecule is Cc1nc2n(c(=O)c1C)[C@H](CC(=O)N1CCOCC1)CS2. The van der Waals surface area contributed by atoms with E-state index in [1.165, 1.54) is 0 Å². The minimum absolute atomic E-state index is 0.0118. The number of aryl methyl sites for hydroxylation is 1. The molecular formula is C14H19N3O3S. The van der Waals surface area contributed by atoms with Gasteiger partial charge in [-0.05, 0) is 13.8 Å². The number of amides is 1. The van der Waals surface area contributed by atoms with Crippen LogP contribution in [0, 0.1) is 13.8 Å². The van der Waals surface area contributed by atoms with Crippen molar-refractivity contribution in [2.24, 2.45) is 0 Å². The second-order valence-electron chi connectivity index (χ2n) is 5.44. The molecule has 6 nitrogen and oxygen atoms in total. The summed E-state index contributed by atoms with van der Waals surface area (Å²) in [6.45, 7) is 6.13. The minimum Gasteiger partial charge on any atom is -0.378 e. The summed E-state index contributed by atoms with van der Waals surface area (Å²) in [5, 5.41) is 0.739. The predicted molar refractivity (Wildman–Crippen MR) is 79.7 cm³/mol. The number of carbonyl (C=O) groups excluding carboxylic acids is 1. The predicted octanol–water partition coefficient (Wildman–Crippen LogP) is 0.756. The molecule has 0 unspecified atom stereocenters. The second kappa shape index (κ2) is 5.81. The van der Waals surface area contributed by atoms with Gasteiger partial charge in [-0.25, -0.2) is 4.98 Å². The van der Waals surface area contributed by atoms with Crippen LogP contribution in [0.25, 0.3) is 0 Å². The van der Waals surface area contributed by atoms with Crippen molar-refractivity contribution in [3.63, 3.8) is 0 Å². The number of ether oxygens (including phenoxy) is 1. The van der Waals surface area contributed by atoms with Crippen molar-refractivity contribution >= 4 is 17.7 Å². The molecule has 1 atom stereocenters. The van der Waals surface area contributed by atoms with Gasteiger partial charge in [0.25, 0.3) is 5.56 Å². The molecular weight excluding hydrogens is 290 g/mol. The summed E-state index contributed by atoms with van der Waals surface area (Å²) in [5.74, 6) is 0.836. The summed E-state index contributed by atoms with van der Waals surface area (Å²) in [5.41, 5.74) is 1.44. The molecule has 7 heteroatoms. The van der Waals surface area contributed by atoms with Gasteiger partial charge in [0.2, 0.25) is 5.91 Å². The van der Waals surface area contributed by atoms with Gasteiger partial charge in [-0.15, -0.1) is 0 Å². The first kappa shape index (κ1) is 14.6. The maximum absolute atomic E-state index is 12.4. The Labute approximate surface area is 127 Å². The smallest absolute Gasteiger partial charge is 0.257 e. The van der Waals surface area contributed by atoms with E-state index in [1.807, 2.05) is 11.8 Å². The highest BCUT2D eigenvalue weighted by Gasteiger charge is 2.30. The van der Waals surface area contributed by atoms with Gasteiger partial charge in [0.05, 0.1) is 19.3 Å². The summed E-state index contributed by atoms with van der Waals surface area (Å²) in [7, 11) is 0. The highest BCUT2D eigenvalue weighted by Crippen LogP contribution is 2.32. The highest BCUT2D eigenvalue weighted by atomic mass is 32.2. The van der Waals surface area contributed by atoms with E-state index in [0.29, 0.717) is 38.3 Å². The maximum atomic E-state index is 12.4. The zero-order valence-corrected chi connectivity index (χ0v) is 13.1. The fourth-order valence-electron chi connectivity index (χ4n) is 2.67. The summed E-state index contributed by atoms with van der Waals surface area (Å²) in [6.07, 6.45) is 0.365. The van der Waals surface area contributed by atoms with E-state index in [1.54, 1.807) is 23.3 Å². The average Bonchev–Trinajstić information content (AvgIpc) is 2.88. The summed E-state index contributed by atoms with van der Waals surface area (Å²) in [4.78, 5) is 31.1. The van der Waals surface area contributed by atoms with Crippen molar-refractivity contribution in [3.8, 4) is 0 Å². The highest BCUT2D eigenvalue weighted by molar-refractivity contribution is 7.99. The number of aromatic nitrogens is 2. The third-order valence-corrected chi connectivity index (χ3v) is 5.19. The molecule has 1 fully saturated rings. The molecule has 3 rings (SSSR count). The number of rotatable bonds is 2. The van der Waals surface area contributed by atoms with Gasteiger partial charge in [0.1, 0.15) is 0 Å². The fourth-order valence-corrected chi connectivity index (χ4v) is 3.85. The van der Waals surface area contributed by atoms with Crippen LogP contribution in [-0.4, -0.2) is 52.4 Å². The van der Waals surface area contributed by atoms with Crippen molar-refractivity contribution in [1.29, 1.82) is 0 Å². The molecule has 0 saturated carbocycles. The number of nitrogens with zero attached hydrogens (tertiary/aromatic N) is 3. The first-order chi connectivity index (χ1) is 10.1. The molecule has 0 spiro atoms. The second-order valence-corrected chi connectivity index (χ2v) is 6.43. The number of fused-ring (bicyclic) bond motifs is 1. The van der Waals surface area contributed by atoms with Crippen LogP contribution in [0.3, 0.4) is 0 Å². The first-order valence-corrected chi connectivity index (χ1v) is 8.14. The Hall–Kier alpha value is -1.34. The zero-order valence-electron chi connectivity index (χ0n) is 12.3. The van der Waals surface area contributed by atoms with Crippen molar-refractivity contribution in [2.75, 3.05) is 32.1 Å². The quantitative estimate of drug-likeness (QED) is 0.755. The number of carbonyl (C=O) groups is 1. The molecule has 3 heterocycles. The maximum Gasteiger partial charge on any atom is 0.257 e. The molecule has 0 N–H and O–H groups in total. The lowest BCUT2D eigenvalue weighted by Gasteiger charge is -2.28. The molecule has 1 saturated heterocycles. The van der Waals surface area contributed by atoms with E-state index in [-0.39, 0.29) is 17.5 Å². The average molecular weight is 309 g/mol. The van der Waals surface area contributed by atoms with E-state index in [4.69, 9.17) is 4.74 Å². The molecule has 0 aromatic carbocycles. The van der Waals surface area contributed by atoms with Crippen LogP contribution in [-0.2, 0) is 9.53 Å². The standard InChI is InChI=1S/C14H19N3O3S/c1-9-10(2)15-14-17(13(9)19)11(8-21-14)7-12(18)16-3-5-20-6-4-16/h11H,3-8H2,1-2H3/t11-/m1/s1. The van der Waals surface area contributed by atoms with E-state index < -0.39 is 0 Å². The third-order valence-electron chi connectivity index (χ3n) is 4.10. The van der Waals surface area contributed by atoms with Gasteiger partial charge >= 0.3 is 0 Å². The Kier molecular flexibility index (Phi) is 4.03. The third kappa shape index (κ3) is 2.72. The largest absolute Gasteiger partial charge is 0.378 e. The fraction of sp³-hybridized carbons (Fsp3) is 0.643. The molecule has 0 radical (unpaired) electrons. The van der Waals surface area contributed by atoms with Gasteiger partial charge in [-0.3, -0.25) is 14.2 Å². The molecule has 0 aliphatic carbocycles. The Bertz CT molecular complexity index is 623. The monoisotopic (exact) mass is 309 g/mol. The molecule has 1 aromatic rings. The van der Waals surface area contributed by atoms with Crippen LogP contribution < -0.4 is 5.56 Å². The molecule has 21 heavy (non-hydrogen) atoms. The summed E-state index contributed by atoms with van der Waals surface area (Å²) < 4.78 is 6.96. The molecule has 1 aromatic heterocycles. The van der Waals surface area contributed by atoms with Crippen molar-refractivity contribution in [1.82, 2.24) is 14.5 Å². The van der Waals surface area contributed by atoms with Crippen LogP contribution in [0.15, 0.2) is 9.95 Å². The van der Waals surface area contributed by atoms with E-state index in [0.717, 1.165) is 16.6 Å². The van der Waals surface area contributed by atoms with Gasteiger partial charge in [-0.2, -0.15) is 0 Å². The Morgan fingerprint density at radius 3 is 2.81 bits per heavy atom. The van der Waals surface area contributed by atoms with E-state index in [2.05, 4.69) is 4.98 Å². The Morgan fingerprint density at radius 1 is 1.38 bits per heavy atom. The normalized spacial score (nSPS) is 21.4. The van der Waals surface area contributed by atoms with Gasteiger partial charge < -0.3 is 9.64 Å². The first-order valence-electron chi connectivity index (χ1n) is 7.16. The molecule has 114 valence electrons. The number of hydrogen-bond donors (Lipinski definition) is 0. The number of morpholine rings is 1. The topological polar surface area (TPSA) is 64.4 Å². The van der Waals surface area contributed by atoms with Crippen molar-refractivity contribution in [2.45, 2.75) is 31.5 Å². The lowest BCUT2D eigenvalue weighted by atomic mass is 10.2. The van der Waals surface area contributed by atoms with Gasteiger partial charge in [-0.1, -0.05) is 11.8 Å². The summed E-state index contributed by atoms with van der Waals surface area (Å²) >= 11 is 1.56. The van der Waals surface area contributed by atoms with Crippen LogP contribution >= 0.6 is 11.8 Å². The van der Waals surface area contributed by atoms with Crippen molar-refractivity contribution in [3.05, 3.63) is 21.6 Å². The van der Waals surface area contributed by atoms with Crippen LogP contribution in [0.5, 0.6) is 0 Å². The zero-order chi connectivity index (χ0) is 15.0. The lowest BCUT2D eigenvalue weighted by molar-refractivity contribution is -0.136. The van der Waals surface area contributed by atoms with E-state index in [9.17, 15) is 9.59 Å². The van der Waals surface area contributed by atoms with Gasteiger partial charge in [0, 0.05) is 36.5 Å². The van der Waals surface area contributed by atoms with Crippen molar-refractivity contribution < 1.29 is 9.53 Å². The molecule has 0 bridgehead atoms. The Balaban J connectivity index is 1.80. The Morgan fingerprint density at radius 2 is 2.10 bits per heavy atom. The molecule has 2 aliphatic heterocycles. The molecule has 1 amide bonds. The minimum atomic E-state index is -0.0837. The van der Waals surface area contributed by atoms with Gasteiger partial charge in [0.15, 0.2) is 5.16 Å².